The first-order chi connectivity index (χ1) is 12.7. The zero-order valence-electron chi connectivity index (χ0n) is 15.3. The highest BCUT2D eigenvalue weighted by Crippen LogP contribution is 2.13. The van der Waals surface area contributed by atoms with Crippen molar-refractivity contribution in [3.05, 3.63) is 54.0 Å². The molecule has 8 heteroatoms. The molecule has 2 aromatic rings. The number of aromatic hydroxyl groups is 1. The molecule has 3 rings (SSSR count). The van der Waals surface area contributed by atoms with Gasteiger partial charge in [0.15, 0.2) is 11.7 Å². The first-order valence-corrected chi connectivity index (χ1v) is 8.81. The molecule has 27 heavy (non-hydrogen) atoms. The number of aliphatic imine (C=N–C) groups is 1. The van der Waals surface area contributed by atoms with Gasteiger partial charge >= 0.3 is 0 Å². The summed E-state index contributed by atoms with van der Waals surface area (Å²) in [5.74, 6) is 1.37. The van der Waals surface area contributed by atoms with Gasteiger partial charge in [0.25, 0.3) is 5.91 Å². The summed E-state index contributed by atoms with van der Waals surface area (Å²) in [7, 11) is 0. The van der Waals surface area contributed by atoms with Crippen LogP contribution in [0.5, 0.6) is 5.75 Å². The van der Waals surface area contributed by atoms with E-state index in [1.807, 2.05) is 19.1 Å². The number of furan rings is 1. The third-order valence-corrected chi connectivity index (χ3v) is 4.26. The van der Waals surface area contributed by atoms with Crippen LogP contribution in [0.25, 0.3) is 0 Å². The molecule has 0 aliphatic carbocycles. The lowest BCUT2D eigenvalue weighted by Crippen LogP contribution is -2.53. The van der Waals surface area contributed by atoms with E-state index in [-0.39, 0.29) is 35.6 Å². The number of rotatable bonds is 4. The van der Waals surface area contributed by atoms with Gasteiger partial charge in [0.05, 0.1) is 12.8 Å². The Hall–Kier alpha value is -2.23. The van der Waals surface area contributed by atoms with Crippen molar-refractivity contribution in [3.8, 4) is 5.75 Å². The summed E-state index contributed by atoms with van der Waals surface area (Å²) in [6.45, 7) is 5.94. The van der Waals surface area contributed by atoms with Crippen LogP contribution in [-0.2, 0) is 6.54 Å². The minimum absolute atomic E-state index is 0. The molecule has 0 unspecified atom stereocenters. The standard InChI is InChI=1S/C19H24N4O3.HI/c1-2-20-19(21-14-15-5-3-6-16(24)13-15)23-10-8-22(9-11-23)18(25)17-7-4-12-26-17;/h3-7,12-13,24H,2,8-11,14H2,1H3,(H,20,21);1H. The van der Waals surface area contributed by atoms with Crippen LogP contribution in [-0.4, -0.2) is 59.5 Å². The van der Waals surface area contributed by atoms with Crippen molar-refractivity contribution in [1.82, 2.24) is 15.1 Å². The van der Waals surface area contributed by atoms with E-state index >= 15 is 0 Å². The zero-order valence-corrected chi connectivity index (χ0v) is 17.6. The summed E-state index contributed by atoms with van der Waals surface area (Å²) in [6.07, 6.45) is 1.51. The van der Waals surface area contributed by atoms with Crippen LogP contribution < -0.4 is 5.32 Å². The van der Waals surface area contributed by atoms with Gasteiger partial charge in [-0.15, -0.1) is 24.0 Å². The number of benzene rings is 1. The average Bonchev–Trinajstić information content (AvgIpc) is 3.19. The maximum Gasteiger partial charge on any atom is 0.289 e. The van der Waals surface area contributed by atoms with Crippen LogP contribution in [0, 0.1) is 0 Å². The minimum Gasteiger partial charge on any atom is -0.508 e. The number of phenolic OH excluding ortho intramolecular Hbond substituents is 1. The largest absolute Gasteiger partial charge is 0.508 e. The van der Waals surface area contributed by atoms with E-state index in [0.29, 0.717) is 38.5 Å². The van der Waals surface area contributed by atoms with E-state index in [4.69, 9.17) is 4.42 Å². The average molecular weight is 484 g/mol. The van der Waals surface area contributed by atoms with E-state index in [2.05, 4.69) is 15.2 Å². The maximum absolute atomic E-state index is 12.3. The Labute approximate surface area is 176 Å². The van der Waals surface area contributed by atoms with Crippen molar-refractivity contribution in [2.24, 2.45) is 4.99 Å². The summed E-state index contributed by atoms with van der Waals surface area (Å²) < 4.78 is 5.20. The molecule has 0 bridgehead atoms. The summed E-state index contributed by atoms with van der Waals surface area (Å²) in [6, 6.07) is 10.5. The van der Waals surface area contributed by atoms with Crippen molar-refractivity contribution in [2.45, 2.75) is 13.5 Å². The monoisotopic (exact) mass is 484 g/mol. The summed E-state index contributed by atoms with van der Waals surface area (Å²) in [4.78, 5) is 21.0. The van der Waals surface area contributed by atoms with Crippen LogP contribution in [0.2, 0.25) is 0 Å². The predicted octanol–water partition coefficient (Wildman–Crippen LogP) is 2.53. The number of hydrogen-bond acceptors (Lipinski definition) is 4. The second-order valence-corrected chi connectivity index (χ2v) is 6.10. The number of piperazine rings is 1. The fourth-order valence-corrected chi connectivity index (χ4v) is 2.92. The van der Waals surface area contributed by atoms with E-state index in [0.717, 1.165) is 18.1 Å². The minimum atomic E-state index is -0.0728. The molecule has 1 aromatic heterocycles. The second-order valence-electron chi connectivity index (χ2n) is 6.10. The quantitative estimate of drug-likeness (QED) is 0.396. The highest BCUT2D eigenvalue weighted by molar-refractivity contribution is 14.0. The van der Waals surface area contributed by atoms with Crippen LogP contribution in [0.1, 0.15) is 23.0 Å². The topological polar surface area (TPSA) is 81.3 Å². The Morgan fingerprint density at radius 2 is 1.93 bits per heavy atom. The molecule has 146 valence electrons. The molecular weight excluding hydrogens is 459 g/mol. The van der Waals surface area contributed by atoms with Crippen molar-refractivity contribution in [2.75, 3.05) is 32.7 Å². The summed E-state index contributed by atoms with van der Waals surface area (Å²) >= 11 is 0. The molecule has 1 amide bonds. The lowest BCUT2D eigenvalue weighted by atomic mass is 10.2. The van der Waals surface area contributed by atoms with Crippen molar-refractivity contribution in [1.29, 1.82) is 0 Å². The van der Waals surface area contributed by atoms with Crippen molar-refractivity contribution < 1.29 is 14.3 Å². The fraction of sp³-hybridized carbons (Fsp3) is 0.368. The summed E-state index contributed by atoms with van der Waals surface area (Å²) in [5, 5.41) is 12.9. The molecule has 2 heterocycles. The van der Waals surface area contributed by atoms with E-state index in [1.54, 1.807) is 29.2 Å². The van der Waals surface area contributed by atoms with Crippen LogP contribution in [0.4, 0.5) is 0 Å². The van der Waals surface area contributed by atoms with Crippen LogP contribution >= 0.6 is 24.0 Å². The smallest absolute Gasteiger partial charge is 0.289 e. The van der Waals surface area contributed by atoms with E-state index < -0.39 is 0 Å². The van der Waals surface area contributed by atoms with Crippen molar-refractivity contribution >= 4 is 35.8 Å². The molecule has 0 radical (unpaired) electrons. The molecule has 1 saturated heterocycles. The zero-order chi connectivity index (χ0) is 18.4. The number of carbonyl (C=O) groups excluding carboxylic acids is 1. The molecule has 0 atom stereocenters. The first kappa shape index (κ1) is 21.1. The van der Waals surface area contributed by atoms with Gasteiger partial charge in [0, 0.05) is 32.7 Å². The predicted molar refractivity (Wildman–Crippen MR) is 115 cm³/mol. The number of guanidine groups is 1. The number of hydrogen-bond donors (Lipinski definition) is 2. The number of carbonyl (C=O) groups is 1. The molecule has 0 saturated carbocycles. The number of halogens is 1. The molecule has 7 nitrogen and oxygen atoms in total. The maximum atomic E-state index is 12.3. The van der Waals surface area contributed by atoms with Crippen LogP contribution in [0.15, 0.2) is 52.1 Å². The van der Waals surface area contributed by atoms with Gasteiger partial charge in [0.2, 0.25) is 0 Å². The first-order valence-electron chi connectivity index (χ1n) is 8.81. The molecule has 1 aliphatic heterocycles. The fourth-order valence-electron chi connectivity index (χ4n) is 2.92. The Morgan fingerprint density at radius 3 is 2.56 bits per heavy atom. The van der Waals surface area contributed by atoms with Gasteiger partial charge in [-0.3, -0.25) is 4.79 Å². The molecule has 1 fully saturated rings. The number of phenols is 1. The lowest BCUT2D eigenvalue weighted by molar-refractivity contribution is 0.0657. The van der Waals surface area contributed by atoms with Gasteiger partial charge in [-0.25, -0.2) is 4.99 Å². The Morgan fingerprint density at radius 1 is 1.19 bits per heavy atom. The second kappa shape index (κ2) is 10.2. The van der Waals surface area contributed by atoms with E-state index in [9.17, 15) is 9.90 Å². The van der Waals surface area contributed by atoms with Crippen LogP contribution in [0.3, 0.4) is 0 Å². The Balaban J connectivity index is 0.00000261. The number of amides is 1. The third-order valence-electron chi connectivity index (χ3n) is 4.26. The Bertz CT molecular complexity index is 756. The molecular formula is C19H25IN4O3. The molecule has 0 spiro atoms. The summed E-state index contributed by atoms with van der Waals surface area (Å²) in [5.41, 5.74) is 0.951. The van der Waals surface area contributed by atoms with Gasteiger partial charge in [-0.1, -0.05) is 12.1 Å². The van der Waals surface area contributed by atoms with Gasteiger partial charge < -0.3 is 24.6 Å². The Kier molecular flexibility index (Phi) is 7.96. The SMILES string of the molecule is CCNC(=NCc1cccc(O)c1)N1CCN(C(=O)c2ccco2)CC1.I. The van der Waals surface area contributed by atoms with E-state index in [1.165, 1.54) is 6.26 Å². The molecule has 1 aromatic carbocycles. The van der Waals surface area contributed by atoms with Gasteiger partial charge in [0.1, 0.15) is 5.75 Å². The third kappa shape index (κ3) is 5.62. The van der Waals surface area contributed by atoms with Gasteiger partial charge in [-0.05, 0) is 36.8 Å². The normalized spacial score (nSPS) is 14.6. The number of nitrogens with zero attached hydrogens (tertiary/aromatic N) is 3. The molecule has 1 aliphatic rings. The molecule has 2 N–H and O–H groups in total. The van der Waals surface area contributed by atoms with Gasteiger partial charge in [-0.2, -0.15) is 0 Å². The number of nitrogens with one attached hydrogen (secondary N) is 1. The lowest BCUT2D eigenvalue weighted by Gasteiger charge is -2.36. The highest BCUT2D eigenvalue weighted by atomic mass is 127. The highest BCUT2D eigenvalue weighted by Gasteiger charge is 2.25. The van der Waals surface area contributed by atoms with Crippen molar-refractivity contribution in [3.63, 3.8) is 0 Å².